The number of carbonyl (C=O) groups is 1. The van der Waals surface area contributed by atoms with Crippen molar-refractivity contribution in [2.45, 2.75) is 44.6 Å². The Morgan fingerprint density at radius 2 is 1.88 bits per heavy atom. The van der Waals surface area contributed by atoms with Gasteiger partial charge in [0.25, 0.3) is 0 Å². The average molecular weight is 367 g/mol. The van der Waals surface area contributed by atoms with Crippen molar-refractivity contribution in [2.75, 3.05) is 6.26 Å². The Hall–Kier alpha value is -1.73. The van der Waals surface area contributed by atoms with E-state index in [9.17, 15) is 13.2 Å². The quantitative estimate of drug-likeness (QED) is 0.853. The lowest BCUT2D eigenvalue weighted by molar-refractivity contribution is -0.121. The molecule has 0 fully saturated rings. The normalized spacial score (nSPS) is 12.8. The van der Waals surface area contributed by atoms with Gasteiger partial charge in [-0.3, -0.25) is 4.79 Å². The Morgan fingerprint density at radius 1 is 1.25 bits per heavy atom. The number of amides is 1. The van der Waals surface area contributed by atoms with E-state index in [2.05, 4.69) is 10.3 Å². The summed E-state index contributed by atoms with van der Waals surface area (Å²) in [6.07, 6.45) is 2.15. The molecule has 0 aliphatic rings. The summed E-state index contributed by atoms with van der Waals surface area (Å²) >= 11 is 1.61. The number of hydrogen-bond donors (Lipinski definition) is 1. The first kappa shape index (κ1) is 18.6. The minimum atomic E-state index is -3.22. The standard InChI is InChI=1S/C17H22N2O3S2/c1-5-15(17-18-11(2)12(3)23-17)19-16(20)10-13-6-8-14(9-7-13)24(4,21)22/h6-9,15H,5,10H2,1-4H3,(H,19,20)/t15-/m1/s1. The highest BCUT2D eigenvalue weighted by Gasteiger charge is 2.17. The third-order valence-corrected chi connectivity index (χ3v) is 6.12. The molecular formula is C17H22N2O3S2. The van der Waals surface area contributed by atoms with Crippen LogP contribution in [0.25, 0.3) is 0 Å². The summed E-state index contributed by atoms with van der Waals surface area (Å²) in [6.45, 7) is 6.00. The lowest BCUT2D eigenvalue weighted by atomic mass is 10.1. The van der Waals surface area contributed by atoms with E-state index in [1.54, 1.807) is 23.5 Å². The minimum absolute atomic E-state index is 0.0924. The van der Waals surface area contributed by atoms with Crippen molar-refractivity contribution in [3.8, 4) is 0 Å². The van der Waals surface area contributed by atoms with E-state index >= 15 is 0 Å². The van der Waals surface area contributed by atoms with Gasteiger partial charge < -0.3 is 5.32 Å². The van der Waals surface area contributed by atoms with Crippen LogP contribution in [0.4, 0.5) is 0 Å². The van der Waals surface area contributed by atoms with Gasteiger partial charge in [-0.05, 0) is 38.0 Å². The number of thiazole rings is 1. The highest BCUT2D eigenvalue weighted by molar-refractivity contribution is 7.90. The number of benzene rings is 1. The molecule has 2 aromatic rings. The molecule has 0 aliphatic carbocycles. The number of aryl methyl sites for hydroxylation is 2. The highest BCUT2D eigenvalue weighted by Crippen LogP contribution is 2.25. The molecule has 1 amide bonds. The van der Waals surface area contributed by atoms with Crippen LogP contribution in [0, 0.1) is 13.8 Å². The second kappa shape index (κ2) is 7.44. The summed E-state index contributed by atoms with van der Waals surface area (Å²) in [5.74, 6) is -0.0977. The third kappa shape index (κ3) is 4.64. The molecule has 0 aliphatic heterocycles. The van der Waals surface area contributed by atoms with Gasteiger partial charge in [0.05, 0.1) is 23.1 Å². The van der Waals surface area contributed by atoms with Gasteiger partial charge in [-0.25, -0.2) is 13.4 Å². The van der Waals surface area contributed by atoms with E-state index in [0.29, 0.717) is 0 Å². The number of nitrogens with zero attached hydrogens (tertiary/aromatic N) is 1. The number of carbonyl (C=O) groups excluding carboxylic acids is 1. The maximum Gasteiger partial charge on any atom is 0.224 e. The predicted molar refractivity (Wildman–Crippen MR) is 96.0 cm³/mol. The van der Waals surface area contributed by atoms with Gasteiger partial charge >= 0.3 is 0 Å². The van der Waals surface area contributed by atoms with Crippen molar-refractivity contribution in [3.05, 3.63) is 45.4 Å². The van der Waals surface area contributed by atoms with Gasteiger partial charge in [0.15, 0.2) is 9.84 Å². The SMILES string of the molecule is CC[C@@H](NC(=O)Cc1ccc(S(C)(=O)=O)cc1)c1nc(C)c(C)s1. The topological polar surface area (TPSA) is 76.1 Å². The summed E-state index contributed by atoms with van der Waals surface area (Å²) < 4.78 is 22.9. The van der Waals surface area contributed by atoms with Crippen LogP contribution < -0.4 is 5.32 Å². The maximum atomic E-state index is 12.3. The predicted octanol–water partition coefficient (Wildman–Crippen LogP) is 2.97. The van der Waals surface area contributed by atoms with Gasteiger partial charge in [0, 0.05) is 11.1 Å². The van der Waals surface area contributed by atoms with Crippen LogP contribution in [0.2, 0.25) is 0 Å². The Labute approximate surface area is 147 Å². The Morgan fingerprint density at radius 3 is 2.33 bits per heavy atom. The smallest absolute Gasteiger partial charge is 0.224 e. The zero-order chi connectivity index (χ0) is 17.9. The van der Waals surface area contributed by atoms with E-state index in [1.165, 1.54) is 18.4 Å². The highest BCUT2D eigenvalue weighted by atomic mass is 32.2. The molecule has 0 spiro atoms. The lowest BCUT2D eigenvalue weighted by Gasteiger charge is -2.14. The Kier molecular flexibility index (Phi) is 5.77. The number of sulfone groups is 1. The van der Waals surface area contributed by atoms with Gasteiger partial charge in [0.1, 0.15) is 5.01 Å². The first-order valence-electron chi connectivity index (χ1n) is 7.73. The summed E-state index contributed by atoms with van der Waals surface area (Å²) in [7, 11) is -3.22. The largest absolute Gasteiger partial charge is 0.347 e. The molecule has 0 unspecified atom stereocenters. The Balaban J connectivity index is 2.03. The number of nitrogens with one attached hydrogen (secondary N) is 1. The molecule has 1 atom stereocenters. The number of hydrogen-bond acceptors (Lipinski definition) is 5. The van der Waals surface area contributed by atoms with Crippen LogP contribution in [-0.4, -0.2) is 25.6 Å². The number of aromatic nitrogens is 1. The average Bonchev–Trinajstić information content (AvgIpc) is 2.84. The first-order chi connectivity index (χ1) is 11.2. The molecule has 7 heteroatoms. The molecule has 1 aromatic heterocycles. The molecule has 0 bridgehead atoms. The van der Waals surface area contributed by atoms with Crippen molar-refractivity contribution in [1.29, 1.82) is 0 Å². The van der Waals surface area contributed by atoms with Crippen LogP contribution >= 0.6 is 11.3 Å². The van der Waals surface area contributed by atoms with Crippen molar-refractivity contribution >= 4 is 27.1 Å². The van der Waals surface area contributed by atoms with Crippen molar-refractivity contribution in [2.24, 2.45) is 0 Å². The molecule has 0 saturated carbocycles. The molecule has 0 radical (unpaired) electrons. The van der Waals surface area contributed by atoms with Crippen LogP contribution in [0.3, 0.4) is 0 Å². The second-order valence-corrected chi connectivity index (χ2v) is 9.07. The monoisotopic (exact) mass is 366 g/mol. The van der Waals surface area contributed by atoms with Crippen LogP contribution in [0.15, 0.2) is 29.2 Å². The fraction of sp³-hybridized carbons (Fsp3) is 0.412. The third-order valence-electron chi connectivity index (χ3n) is 3.80. The van der Waals surface area contributed by atoms with Crippen molar-refractivity contribution in [3.63, 3.8) is 0 Å². The van der Waals surface area contributed by atoms with E-state index in [-0.39, 0.29) is 23.3 Å². The van der Waals surface area contributed by atoms with E-state index in [1.807, 2.05) is 20.8 Å². The zero-order valence-corrected chi connectivity index (χ0v) is 15.9. The van der Waals surface area contributed by atoms with Crippen LogP contribution in [0.5, 0.6) is 0 Å². The molecule has 0 saturated heterocycles. The van der Waals surface area contributed by atoms with Crippen LogP contribution in [-0.2, 0) is 21.1 Å². The van der Waals surface area contributed by atoms with Crippen LogP contribution in [0.1, 0.15) is 40.5 Å². The van der Waals surface area contributed by atoms with Gasteiger partial charge in [-0.1, -0.05) is 19.1 Å². The molecule has 130 valence electrons. The fourth-order valence-corrected chi connectivity index (χ4v) is 3.96. The lowest BCUT2D eigenvalue weighted by Crippen LogP contribution is -2.29. The van der Waals surface area contributed by atoms with Gasteiger partial charge in [-0.2, -0.15) is 0 Å². The zero-order valence-electron chi connectivity index (χ0n) is 14.3. The minimum Gasteiger partial charge on any atom is -0.347 e. The first-order valence-corrected chi connectivity index (χ1v) is 10.4. The van der Waals surface area contributed by atoms with Gasteiger partial charge in [0.2, 0.25) is 5.91 Å². The Bertz CT molecular complexity index is 805. The summed E-state index contributed by atoms with van der Waals surface area (Å²) in [5, 5.41) is 3.93. The molecule has 24 heavy (non-hydrogen) atoms. The molecular weight excluding hydrogens is 344 g/mol. The summed E-state index contributed by atoms with van der Waals surface area (Å²) in [5.41, 5.74) is 1.78. The second-order valence-electron chi connectivity index (χ2n) is 5.81. The molecule has 1 aromatic carbocycles. The fourth-order valence-electron chi connectivity index (χ4n) is 2.27. The van der Waals surface area contributed by atoms with Gasteiger partial charge in [-0.15, -0.1) is 11.3 Å². The number of rotatable bonds is 6. The molecule has 1 N–H and O–H groups in total. The molecule has 1 heterocycles. The maximum absolute atomic E-state index is 12.3. The summed E-state index contributed by atoms with van der Waals surface area (Å²) in [4.78, 5) is 18.2. The summed E-state index contributed by atoms with van der Waals surface area (Å²) in [6, 6.07) is 6.32. The van der Waals surface area contributed by atoms with Crippen molar-refractivity contribution < 1.29 is 13.2 Å². The van der Waals surface area contributed by atoms with Crippen molar-refractivity contribution in [1.82, 2.24) is 10.3 Å². The van der Waals surface area contributed by atoms with E-state index in [4.69, 9.17) is 0 Å². The van der Waals surface area contributed by atoms with E-state index < -0.39 is 9.84 Å². The van der Waals surface area contributed by atoms with E-state index in [0.717, 1.165) is 27.6 Å². The molecule has 5 nitrogen and oxygen atoms in total. The molecule has 2 rings (SSSR count).